The van der Waals surface area contributed by atoms with Gasteiger partial charge in [0.25, 0.3) is 0 Å². The number of ether oxygens (including phenoxy) is 1. The second-order valence-electron chi connectivity index (χ2n) is 4.58. The van der Waals surface area contributed by atoms with Crippen LogP contribution < -0.4 is 5.32 Å². The lowest BCUT2D eigenvalue weighted by Crippen LogP contribution is -2.44. The maximum atomic E-state index is 5.35. The van der Waals surface area contributed by atoms with E-state index in [1.165, 1.54) is 32.2 Å². The maximum absolute atomic E-state index is 5.35. The van der Waals surface area contributed by atoms with Crippen LogP contribution >= 0.6 is 0 Å². The van der Waals surface area contributed by atoms with E-state index in [9.17, 15) is 0 Å². The van der Waals surface area contributed by atoms with Gasteiger partial charge in [0.1, 0.15) is 0 Å². The standard InChI is InChI=1S/C12H26N2O/c1-11(15-3)10-14-9-5-4-6-12(14)7-8-13-2/h11-13H,4-10H2,1-3H3. The first kappa shape index (κ1) is 12.9. The third-order valence-electron chi connectivity index (χ3n) is 3.37. The topological polar surface area (TPSA) is 24.5 Å². The lowest BCUT2D eigenvalue weighted by atomic mass is 9.99. The molecular weight excluding hydrogens is 188 g/mol. The van der Waals surface area contributed by atoms with Crippen molar-refractivity contribution in [2.75, 3.05) is 33.8 Å². The van der Waals surface area contributed by atoms with Crippen LogP contribution in [0.25, 0.3) is 0 Å². The number of likely N-dealkylation sites (tertiary alicyclic amines) is 1. The van der Waals surface area contributed by atoms with E-state index in [4.69, 9.17) is 4.74 Å². The van der Waals surface area contributed by atoms with E-state index in [1.807, 2.05) is 7.05 Å². The van der Waals surface area contributed by atoms with Crippen LogP contribution in [0.1, 0.15) is 32.6 Å². The fourth-order valence-corrected chi connectivity index (χ4v) is 2.34. The Morgan fingerprint density at radius 3 is 2.93 bits per heavy atom. The number of hydrogen-bond donors (Lipinski definition) is 1. The summed E-state index contributed by atoms with van der Waals surface area (Å²) >= 11 is 0. The zero-order valence-electron chi connectivity index (χ0n) is 10.5. The van der Waals surface area contributed by atoms with E-state index in [0.29, 0.717) is 6.10 Å². The Balaban J connectivity index is 2.35. The molecule has 3 heteroatoms. The Bertz CT molecular complexity index is 164. The van der Waals surface area contributed by atoms with Crippen molar-refractivity contribution in [2.24, 2.45) is 0 Å². The lowest BCUT2D eigenvalue weighted by molar-refractivity contribution is 0.0443. The molecule has 3 nitrogen and oxygen atoms in total. The van der Waals surface area contributed by atoms with Gasteiger partial charge in [0.05, 0.1) is 6.10 Å². The first-order chi connectivity index (χ1) is 7.27. The summed E-state index contributed by atoms with van der Waals surface area (Å²) in [5, 5.41) is 3.24. The molecule has 0 aromatic carbocycles. The third kappa shape index (κ3) is 4.49. The Morgan fingerprint density at radius 1 is 1.47 bits per heavy atom. The Morgan fingerprint density at radius 2 is 2.27 bits per heavy atom. The molecule has 1 N–H and O–H groups in total. The molecule has 0 bridgehead atoms. The average Bonchev–Trinajstić information content (AvgIpc) is 2.28. The smallest absolute Gasteiger partial charge is 0.0670 e. The number of rotatable bonds is 6. The summed E-state index contributed by atoms with van der Waals surface area (Å²) in [6.45, 7) is 5.62. The van der Waals surface area contributed by atoms with Crippen molar-refractivity contribution in [3.63, 3.8) is 0 Å². The molecule has 90 valence electrons. The maximum Gasteiger partial charge on any atom is 0.0670 e. The first-order valence-corrected chi connectivity index (χ1v) is 6.19. The minimum absolute atomic E-state index is 0.361. The van der Waals surface area contributed by atoms with Crippen LogP contribution in [0.3, 0.4) is 0 Å². The number of nitrogens with zero attached hydrogens (tertiary/aromatic N) is 1. The lowest BCUT2D eigenvalue weighted by Gasteiger charge is -2.37. The summed E-state index contributed by atoms with van der Waals surface area (Å²) < 4.78 is 5.35. The monoisotopic (exact) mass is 214 g/mol. The fraction of sp³-hybridized carbons (Fsp3) is 1.00. The van der Waals surface area contributed by atoms with E-state index in [0.717, 1.165) is 19.1 Å². The summed E-state index contributed by atoms with van der Waals surface area (Å²) in [6.07, 6.45) is 5.74. The molecule has 0 aromatic rings. The predicted octanol–water partition coefficient (Wildman–Crippen LogP) is 1.49. The number of piperidine rings is 1. The number of methoxy groups -OCH3 is 1. The summed E-state index contributed by atoms with van der Waals surface area (Å²) in [4.78, 5) is 2.61. The second kappa shape index (κ2) is 7.20. The minimum Gasteiger partial charge on any atom is -0.380 e. The Hall–Kier alpha value is -0.120. The van der Waals surface area contributed by atoms with Gasteiger partial charge >= 0.3 is 0 Å². The summed E-state index contributed by atoms with van der Waals surface area (Å²) in [7, 11) is 3.84. The van der Waals surface area contributed by atoms with Crippen LogP contribution in [0.15, 0.2) is 0 Å². The largest absolute Gasteiger partial charge is 0.380 e. The molecule has 0 saturated carbocycles. The van der Waals surface area contributed by atoms with Crippen LogP contribution in [-0.4, -0.2) is 50.8 Å². The zero-order valence-corrected chi connectivity index (χ0v) is 10.5. The van der Waals surface area contributed by atoms with Gasteiger partial charge in [-0.25, -0.2) is 0 Å². The van der Waals surface area contributed by atoms with E-state index in [1.54, 1.807) is 7.11 Å². The molecule has 1 aliphatic rings. The highest BCUT2D eigenvalue weighted by molar-refractivity contribution is 4.78. The van der Waals surface area contributed by atoms with Crippen molar-refractivity contribution in [2.45, 2.75) is 44.8 Å². The molecule has 2 atom stereocenters. The van der Waals surface area contributed by atoms with E-state index in [-0.39, 0.29) is 0 Å². The summed E-state index contributed by atoms with van der Waals surface area (Å²) in [6, 6.07) is 0.767. The van der Waals surface area contributed by atoms with Crippen LogP contribution in [-0.2, 0) is 4.74 Å². The second-order valence-corrected chi connectivity index (χ2v) is 4.58. The van der Waals surface area contributed by atoms with Crippen LogP contribution in [0.4, 0.5) is 0 Å². The van der Waals surface area contributed by atoms with Gasteiger partial charge in [0.2, 0.25) is 0 Å². The summed E-state index contributed by atoms with van der Waals surface area (Å²) in [5.41, 5.74) is 0. The van der Waals surface area contributed by atoms with Crippen molar-refractivity contribution < 1.29 is 4.74 Å². The Kier molecular flexibility index (Phi) is 6.22. The Labute approximate surface area is 94.2 Å². The van der Waals surface area contributed by atoms with Crippen LogP contribution in [0, 0.1) is 0 Å². The van der Waals surface area contributed by atoms with E-state index >= 15 is 0 Å². The normalized spacial score (nSPS) is 25.4. The van der Waals surface area contributed by atoms with Gasteiger partial charge in [-0.2, -0.15) is 0 Å². The highest BCUT2D eigenvalue weighted by Crippen LogP contribution is 2.19. The molecule has 0 aromatic heterocycles. The molecule has 0 aliphatic carbocycles. The van der Waals surface area contributed by atoms with Gasteiger partial charge in [-0.1, -0.05) is 6.42 Å². The van der Waals surface area contributed by atoms with E-state index < -0.39 is 0 Å². The van der Waals surface area contributed by atoms with Crippen LogP contribution in [0.2, 0.25) is 0 Å². The molecule has 2 unspecified atom stereocenters. The highest BCUT2D eigenvalue weighted by Gasteiger charge is 2.22. The van der Waals surface area contributed by atoms with Gasteiger partial charge in [0.15, 0.2) is 0 Å². The molecule has 0 amide bonds. The van der Waals surface area contributed by atoms with Crippen molar-refractivity contribution in [3.8, 4) is 0 Å². The van der Waals surface area contributed by atoms with Gasteiger partial charge in [-0.3, -0.25) is 4.90 Å². The van der Waals surface area contributed by atoms with Gasteiger partial charge in [-0.05, 0) is 46.3 Å². The van der Waals surface area contributed by atoms with Crippen molar-refractivity contribution in [1.82, 2.24) is 10.2 Å². The number of hydrogen-bond acceptors (Lipinski definition) is 3. The highest BCUT2D eigenvalue weighted by atomic mass is 16.5. The third-order valence-corrected chi connectivity index (χ3v) is 3.37. The zero-order chi connectivity index (χ0) is 11.1. The SMILES string of the molecule is CNCCC1CCCCN1CC(C)OC. The van der Waals surface area contributed by atoms with E-state index in [2.05, 4.69) is 17.1 Å². The summed E-state index contributed by atoms with van der Waals surface area (Å²) in [5.74, 6) is 0. The molecule has 15 heavy (non-hydrogen) atoms. The van der Waals surface area contributed by atoms with Gasteiger partial charge in [-0.15, -0.1) is 0 Å². The molecular formula is C12H26N2O. The van der Waals surface area contributed by atoms with Crippen LogP contribution in [0.5, 0.6) is 0 Å². The molecule has 0 radical (unpaired) electrons. The fourth-order valence-electron chi connectivity index (χ4n) is 2.34. The average molecular weight is 214 g/mol. The molecule has 1 heterocycles. The molecule has 1 aliphatic heterocycles. The molecule has 1 saturated heterocycles. The van der Waals surface area contributed by atoms with Gasteiger partial charge < -0.3 is 10.1 Å². The number of nitrogens with one attached hydrogen (secondary N) is 1. The van der Waals surface area contributed by atoms with Gasteiger partial charge in [0, 0.05) is 19.7 Å². The predicted molar refractivity (Wildman–Crippen MR) is 64.2 cm³/mol. The quantitative estimate of drug-likeness (QED) is 0.725. The first-order valence-electron chi connectivity index (χ1n) is 6.19. The van der Waals surface area contributed by atoms with Crippen molar-refractivity contribution in [3.05, 3.63) is 0 Å². The molecule has 1 rings (SSSR count). The molecule has 1 fully saturated rings. The van der Waals surface area contributed by atoms with Crippen molar-refractivity contribution in [1.29, 1.82) is 0 Å². The minimum atomic E-state index is 0.361. The van der Waals surface area contributed by atoms with Crippen molar-refractivity contribution >= 4 is 0 Å². The molecule has 0 spiro atoms.